The first-order valence-electron chi connectivity index (χ1n) is 7.47. The van der Waals surface area contributed by atoms with E-state index in [1.54, 1.807) is 0 Å². The Balaban J connectivity index is 1.77. The van der Waals surface area contributed by atoms with Gasteiger partial charge in [0, 0.05) is 10.2 Å². The van der Waals surface area contributed by atoms with Crippen LogP contribution in [-0.2, 0) is 0 Å². The fourth-order valence-corrected chi connectivity index (χ4v) is 2.56. The van der Waals surface area contributed by atoms with Crippen LogP contribution in [0.3, 0.4) is 0 Å². The first-order valence-corrected chi connectivity index (χ1v) is 8.26. The molecule has 2 N–H and O–H groups in total. The van der Waals surface area contributed by atoms with Crippen LogP contribution in [0.5, 0.6) is 5.75 Å². The average molecular weight is 377 g/mol. The number of aryl methyl sites for hydroxylation is 3. The lowest BCUT2D eigenvalue weighted by molar-refractivity contribution is 0.247. The van der Waals surface area contributed by atoms with Gasteiger partial charge in [-0.3, -0.25) is 0 Å². The van der Waals surface area contributed by atoms with Gasteiger partial charge in [0.1, 0.15) is 12.4 Å². The van der Waals surface area contributed by atoms with Crippen molar-refractivity contribution in [1.82, 2.24) is 5.32 Å². The van der Waals surface area contributed by atoms with E-state index in [-0.39, 0.29) is 6.03 Å². The average Bonchev–Trinajstić information content (AvgIpc) is 2.48. The number of hydrogen-bond donors (Lipinski definition) is 2. The van der Waals surface area contributed by atoms with Gasteiger partial charge < -0.3 is 15.4 Å². The Labute approximate surface area is 145 Å². The molecule has 0 aliphatic heterocycles. The largest absolute Gasteiger partial charge is 0.491 e. The van der Waals surface area contributed by atoms with E-state index in [1.165, 1.54) is 11.1 Å². The second kappa shape index (κ2) is 8.02. The Morgan fingerprint density at radius 1 is 1.09 bits per heavy atom. The molecule has 0 fully saturated rings. The van der Waals surface area contributed by atoms with E-state index in [9.17, 15) is 4.79 Å². The van der Waals surface area contributed by atoms with Crippen molar-refractivity contribution in [3.8, 4) is 5.75 Å². The molecule has 0 atom stereocenters. The normalized spacial score (nSPS) is 10.3. The summed E-state index contributed by atoms with van der Waals surface area (Å²) < 4.78 is 6.66. The zero-order valence-electron chi connectivity index (χ0n) is 13.6. The van der Waals surface area contributed by atoms with Crippen molar-refractivity contribution in [3.63, 3.8) is 0 Å². The molecule has 5 heteroatoms. The molecule has 2 amide bonds. The maximum absolute atomic E-state index is 11.8. The standard InChI is InChI=1S/C18H21BrN2O2/c1-12-9-14(3)17(10-13(12)2)23-8-7-20-18(22)21-16-6-4-5-15(19)11-16/h4-6,9-11H,7-8H2,1-3H3,(H2,20,21,22). The summed E-state index contributed by atoms with van der Waals surface area (Å²) in [6, 6.07) is 11.3. The van der Waals surface area contributed by atoms with Gasteiger partial charge in [-0.05, 0) is 61.7 Å². The van der Waals surface area contributed by atoms with E-state index in [0.717, 1.165) is 21.5 Å². The highest BCUT2D eigenvalue weighted by Crippen LogP contribution is 2.22. The van der Waals surface area contributed by atoms with E-state index in [0.29, 0.717) is 13.2 Å². The number of benzene rings is 2. The zero-order chi connectivity index (χ0) is 16.8. The minimum atomic E-state index is -0.247. The van der Waals surface area contributed by atoms with Crippen LogP contribution in [0, 0.1) is 20.8 Å². The predicted molar refractivity (Wildman–Crippen MR) is 97.3 cm³/mol. The molecule has 122 valence electrons. The maximum Gasteiger partial charge on any atom is 0.319 e. The molecule has 2 rings (SSSR count). The lowest BCUT2D eigenvalue weighted by atomic mass is 10.1. The fraction of sp³-hybridized carbons (Fsp3) is 0.278. The number of amides is 2. The lowest BCUT2D eigenvalue weighted by Gasteiger charge is -2.12. The van der Waals surface area contributed by atoms with Crippen LogP contribution < -0.4 is 15.4 Å². The SMILES string of the molecule is Cc1cc(C)c(OCCNC(=O)Nc2cccc(Br)c2)cc1C. The number of ether oxygens (including phenoxy) is 1. The Morgan fingerprint density at radius 3 is 2.57 bits per heavy atom. The van der Waals surface area contributed by atoms with Gasteiger partial charge in [-0.2, -0.15) is 0 Å². The van der Waals surface area contributed by atoms with Crippen LogP contribution >= 0.6 is 15.9 Å². The summed E-state index contributed by atoms with van der Waals surface area (Å²) in [5.41, 5.74) is 4.29. The third kappa shape index (κ3) is 5.28. The third-order valence-electron chi connectivity index (χ3n) is 3.52. The lowest BCUT2D eigenvalue weighted by Crippen LogP contribution is -2.32. The summed E-state index contributed by atoms with van der Waals surface area (Å²) in [5.74, 6) is 0.863. The quantitative estimate of drug-likeness (QED) is 0.750. The highest BCUT2D eigenvalue weighted by atomic mass is 79.9. The molecule has 2 aromatic carbocycles. The van der Waals surface area contributed by atoms with E-state index in [2.05, 4.69) is 46.5 Å². The predicted octanol–water partition coefficient (Wildman–Crippen LogP) is 4.57. The molecule has 0 heterocycles. The van der Waals surface area contributed by atoms with Gasteiger partial charge in [0.25, 0.3) is 0 Å². The van der Waals surface area contributed by atoms with Gasteiger partial charge in [-0.1, -0.05) is 28.1 Å². The fourth-order valence-electron chi connectivity index (χ4n) is 2.16. The summed E-state index contributed by atoms with van der Waals surface area (Å²) in [6.07, 6.45) is 0. The molecule has 0 unspecified atom stereocenters. The minimum absolute atomic E-state index is 0.247. The molecule has 4 nitrogen and oxygen atoms in total. The van der Waals surface area contributed by atoms with Gasteiger partial charge in [0.2, 0.25) is 0 Å². The molecular weight excluding hydrogens is 356 g/mol. The van der Waals surface area contributed by atoms with Crippen LogP contribution in [0.4, 0.5) is 10.5 Å². The van der Waals surface area contributed by atoms with Gasteiger partial charge in [-0.15, -0.1) is 0 Å². The Morgan fingerprint density at radius 2 is 1.83 bits per heavy atom. The second-order valence-corrected chi connectivity index (χ2v) is 6.36. The topological polar surface area (TPSA) is 50.4 Å². The molecule has 0 aliphatic rings. The number of urea groups is 1. The smallest absolute Gasteiger partial charge is 0.319 e. The van der Waals surface area contributed by atoms with Crippen molar-refractivity contribution in [3.05, 3.63) is 57.6 Å². The van der Waals surface area contributed by atoms with Crippen LogP contribution in [0.25, 0.3) is 0 Å². The molecular formula is C18H21BrN2O2. The van der Waals surface area contributed by atoms with E-state index < -0.39 is 0 Å². The minimum Gasteiger partial charge on any atom is -0.491 e. The number of carbonyl (C=O) groups is 1. The van der Waals surface area contributed by atoms with Crippen molar-refractivity contribution >= 4 is 27.6 Å². The molecule has 0 aliphatic carbocycles. The Bertz CT molecular complexity index is 701. The van der Waals surface area contributed by atoms with E-state index in [1.807, 2.05) is 37.3 Å². The van der Waals surface area contributed by atoms with Crippen LogP contribution in [0.15, 0.2) is 40.9 Å². The van der Waals surface area contributed by atoms with E-state index in [4.69, 9.17) is 4.74 Å². The van der Waals surface area contributed by atoms with Gasteiger partial charge in [0.15, 0.2) is 0 Å². The first-order chi connectivity index (χ1) is 11.0. The highest BCUT2D eigenvalue weighted by Gasteiger charge is 2.04. The monoisotopic (exact) mass is 376 g/mol. The van der Waals surface area contributed by atoms with Gasteiger partial charge in [0.05, 0.1) is 6.54 Å². The Kier molecular flexibility index (Phi) is 6.04. The second-order valence-electron chi connectivity index (χ2n) is 5.44. The Hall–Kier alpha value is -2.01. The molecule has 0 aromatic heterocycles. The number of rotatable bonds is 5. The van der Waals surface area contributed by atoms with Crippen LogP contribution in [0.1, 0.15) is 16.7 Å². The third-order valence-corrected chi connectivity index (χ3v) is 4.01. The summed E-state index contributed by atoms with van der Waals surface area (Å²) in [5, 5.41) is 5.55. The number of hydrogen-bond acceptors (Lipinski definition) is 2. The molecule has 2 aromatic rings. The van der Waals surface area contributed by atoms with Crippen molar-refractivity contribution in [2.24, 2.45) is 0 Å². The van der Waals surface area contributed by atoms with Crippen molar-refractivity contribution in [2.75, 3.05) is 18.5 Å². The van der Waals surface area contributed by atoms with Crippen molar-refractivity contribution in [2.45, 2.75) is 20.8 Å². The zero-order valence-corrected chi connectivity index (χ0v) is 15.2. The highest BCUT2D eigenvalue weighted by molar-refractivity contribution is 9.10. The number of carbonyl (C=O) groups excluding carboxylic acids is 1. The summed E-state index contributed by atoms with van der Waals surface area (Å²) in [6.45, 7) is 7.03. The molecule has 0 spiro atoms. The molecule has 0 saturated heterocycles. The molecule has 0 bridgehead atoms. The number of nitrogens with one attached hydrogen (secondary N) is 2. The maximum atomic E-state index is 11.8. The molecule has 0 saturated carbocycles. The van der Waals surface area contributed by atoms with Crippen LogP contribution in [-0.4, -0.2) is 19.2 Å². The first kappa shape index (κ1) is 17.3. The number of halogens is 1. The number of anilines is 1. The summed E-state index contributed by atoms with van der Waals surface area (Å²) in [4.78, 5) is 11.8. The molecule has 23 heavy (non-hydrogen) atoms. The summed E-state index contributed by atoms with van der Waals surface area (Å²) >= 11 is 3.37. The van der Waals surface area contributed by atoms with Crippen LogP contribution in [0.2, 0.25) is 0 Å². The summed E-state index contributed by atoms with van der Waals surface area (Å²) in [7, 11) is 0. The van der Waals surface area contributed by atoms with Gasteiger partial charge >= 0.3 is 6.03 Å². The van der Waals surface area contributed by atoms with Gasteiger partial charge in [-0.25, -0.2) is 4.79 Å². The van der Waals surface area contributed by atoms with E-state index >= 15 is 0 Å². The molecule has 0 radical (unpaired) electrons. The van der Waals surface area contributed by atoms with Crippen molar-refractivity contribution in [1.29, 1.82) is 0 Å². The van der Waals surface area contributed by atoms with Crippen molar-refractivity contribution < 1.29 is 9.53 Å².